The summed E-state index contributed by atoms with van der Waals surface area (Å²) in [4.78, 5) is 20.0. The van der Waals surface area contributed by atoms with Gasteiger partial charge >= 0.3 is 0 Å². The number of ether oxygens (including phenoxy) is 1. The van der Waals surface area contributed by atoms with Crippen LogP contribution < -0.4 is 0 Å². The van der Waals surface area contributed by atoms with Crippen molar-refractivity contribution >= 4 is 28.4 Å². The maximum absolute atomic E-state index is 13.7. The molecule has 5 rings (SSSR count). The highest BCUT2D eigenvalue weighted by Gasteiger charge is 2.49. The van der Waals surface area contributed by atoms with Gasteiger partial charge in [-0.25, -0.2) is 4.39 Å². The van der Waals surface area contributed by atoms with Crippen molar-refractivity contribution in [2.75, 3.05) is 26.8 Å². The Hall–Kier alpha value is -2.46. The average molecular weight is 476 g/mol. The number of nitrogens with one attached hydrogen (secondary N) is 2. The van der Waals surface area contributed by atoms with Crippen molar-refractivity contribution in [3.63, 3.8) is 0 Å². The SMILES string of the molecule is CCOCC1(N(C)C(=O)c2n[nH]c3c2CN(C(O)c2cc4c(Cl)cc(F)cc4[nH]2)CC3)CC1. The van der Waals surface area contributed by atoms with E-state index in [-0.39, 0.29) is 16.5 Å². The fourth-order valence-electron chi connectivity index (χ4n) is 4.61. The van der Waals surface area contributed by atoms with E-state index in [4.69, 9.17) is 16.3 Å². The Labute approximate surface area is 195 Å². The van der Waals surface area contributed by atoms with Crippen LogP contribution in [0.5, 0.6) is 0 Å². The highest BCUT2D eigenvalue weighted by Crippen LogP contribution is 2.42. The number of carbonyl (C=O) groups is 1. The van der Waals surface area contributed by atoms with E-state index in [0.717, 1.165) is 24.1 Å². The molecule has 1 aliphatic heterocycles. The van der Waals surface area contributed by atoms with Crippen molar-refractivity contribution in [3.8, 4) is 0 Å². The standard InChI is InChI=1S/C23H27ClFN5O3/c1-3-33-12-23(5-6-23)29(2)22(32)20-15-11-30(7-4-17(15)27-28-20)21(31)19-10-14-16(24)8-13(25)9-18(14)26-19/h8-10,21,26,31H,3-7,11-12H2,1-2H3,(H,27,28). The lowest BCUT2D eigenvalue weighted by Gasteiger charge is -2.32. The van der Waals surface area contributed by atoms with Gasteiger partial charge in [-0.15, -0.1) is 0 Å². The maximum Gasteiger partial charge on any atom is 0.274 e. The van der Waals surface area contributed by atoms with Crippen molar-refractivity contribution in [1.29, 1.82) is 0 Å². The Morgan fingerprint density at radius 2 is 2.21 bits per heavy atom. The van der Waals surface area contributed by atoms with E-state index in [9.17, 15) is 14.3 Å². The summed E-state index contributed by atoms with van der Waals surface area (Å²) >= 11 is 6.16. The van der Waals surface area contributed by atoms with Crippen LogP contribution in [-0.2, 0) is 17.7 Å². The zero-order valence-corrected chi connectivity index (χ0v) is 19.4. The first-order valence-electron chi connectivity index (χ1n) is 11.1. The lowest BCUT2D eigenvalue weighted by Crippen LogP contribution is -2.43. The Morgan fingerprint density at radius 1 is 1.42 bits per heavy atom. The molecular formula is C23H27ClFN5O3. The number of carbonyl (C=O) groups excluding carboxylic acids is 1. The Kier molecular flexibility index (Phi) is 5.68. The van der Waals surface area contributed by atoms with Gasteiger partial charge in [0.1, 0.15) is 12.0 Å². The number of aliphatic hydroxyl groups is 1. The number of fused-ring (bicyclic) bond motifs is 2. The Balaban J connectivity index is 1.36. The minimum atomic E-state index is -0.965. The quantitative estimate of drug-likeness (QED) is 0.486. The van der Waals surface area contributed by atoms with Crippen LogP contribution in [0.15, 0.2) is 18.2 Å². The molecule has 2 aliphatic rings. The molecule has 0 radical (unpaired) electrons. The molecule has 33 heavy (non-hydrogen) atoms. The topological polar surface area (TPSA) is 97.5 Å². The summed E-state index contributed by atoms with van der Waals surface area (Å²) in [7, 11) is 1.80. The molecule has 3 aromatic rings. The molecule has 1 fully saturated rings. The highest BCUT2D eigenvalue weighted by atomic mass is 35.5. The summed E-state index contributed by atoms with van der Waals surface area (Å²) in [5, 5.41) is 19.3. The minimum Gasteiger partial charge on any atom is -0.379 e. The summed E-state index contributed by atoms with van der Waals surface area (Å²) < 4.78 is 19.3. The van der Waals surface area contributed by atoms with Crippen LogP contribution in [0.25, 0.3) is 10.9 Å². The monoisotopic (exact) mass is 475 g/mol. The Bertz CT molecular complexity index is 1200. The maximum atomic E-state index is 13.7. The average Bonchev–Trinajstić information content (AvgIpc) is 3.27. The van der Waals surface area contributed by atoms with E-state index in [2.05, 4.69) is 15.2 Å². The predicted octanol–water partition coefficient (Wildman–Crippen LogP) is 3.37. The summed E-state index contributed by atoms with van der Waals surface area (Å²) in [6.07, 6.45) is 1.48. The number of aromatic amines is 2. The van der Waals surface area contributed by atoms with Crippen LogP contribution in [0.4, 0.5) is 4.39 Å². The van der Waals surface area contributed by atoms with Crippen LogP contribution >= 0.6 is 11.6 Å². The molecule has 1 aromatic carbocycles. The fraction of sp³-hybridized carbons (Fsp3) is 0.478. The summed E-state index contributed by atoms with van der Waals surface area (Å²) in [6, 6.07) is 4.33. The number of H-pyrrole nitrogens is 2. The van der Waals surface area contributed by atoms with Crippen LogP contribution in [0, 0.1) is 5.82 Å². The van der Waals surface area contributed by atoms with Gasteiger partial charge in [-0.2, -0.15) is 5.10 Å². The van der Waals surface area contributed by atoms with Gasteiger partial charge in [0.25, 0.3) is 5.91 Å². The van der Waals surface area contributed by atoms with Crippen molar-refractivity contribution < 1.29 is 19.0 Å². The first kappa shape index (κ1) is 22.3. The molecule has 176 valence electrons. The first-order chi connectivity index (χ1) is 15.8. The molecule has 3 N–H and O–H groups in total. The number of halogens is 2. The van der Waals surface area contributed by atoms with Crippen molar-refractivity contribution in [1.82, 2.24) is 25.0 Å². The number of benzene rings is 1. The number of aromatic nitrogens is 3. The number of hydrogen-bond acceptors (Lipinski definition) is 5. The van der Waals surface area contributed by atoms with Gasteiger partial charge in [-0.05, 0) is 38.0 Å². The highest BCUT2D eigenvalue weighted by molar-refractivity contribution is 6.35. The van der Waals surface area contributed by atoms with Crippen molar-refractivity contribution in [2.45, 2.75) is 44.5 Å². The van der Waals surface area contributed by atoms with E-state index < -0.39 is 12.0 Å². The molecule has 0 bridgehead atoms. The van der Waals surface area contributed by atoms with E-state index >= 15 is 0 Å². The van der Waals surface area contributed by atoms with Gasteiger partial charge in [0.2, 0.25) is 0 Å². The number of hydrogen-bond donors (Lipinski definition) is 3. The van der Waals surface area contributed by atoms with E-state index in [1.54, 1.807) is 18.0 Å². The largest absolute Gasteiger partial charge is 0.379 e. The first-order valence-corrected chi connectivity index (χ1v) is 11.5. The predicted molar refractivity (Wildman–Crippen MR) is 121 cm³/mol. The normalized spacial score (nSPS) is 18.3. The second kappa shape index (κ2) is 8.39. The molecule has 8 nitrogen and oxygen atoms in total. The molecule has 3 heterocycles. The minimum absolute atomic E-state index is 0.145. The third kappa shape index (κ3) is 3.93. The summed E-state index contributed by atoms with van der Waals surface area (Å²) in [6.45, 7) is 4.01. The van der Waals surface area contributed by atoms with Gasteiger partial charge in [-0.1, -0.05) is 11.6 Å². The zero-order valence-electron chi connectivity index (χ0n) is 18.6. The smallest absolute Gasteiger partial charge is 0.274 e. The molecule has 1 atom stereocenters. The van der Waals surface area contributed by atoms with Gasteiger partial charge < -0.3 is 19.7 Å². The van der Waals surface area contributed by atoms with Gasteiger partial charge in [0, 0.05) is 49.8 Å². The third-order valence-electron chi connectivity index (χ3n) is 6.88. The van der Waals surface area contributed by atoms with E-state index in [1.807, 2.05) is 11.8 Å². The number of aliphatic hydroxyl groups excluding tert-OH is 1. The zero-order chi connectivity index (χ0) is 23.3. The number of nitrogens with zero attached hydrogens (tertiary/aromatic N) is 3. The van der Waals surface area contributed by atoms with E-state index in [1.165, 1.54) is 12.1 Å². The second-order valence-corrected chi connectivity index (χ2v) is 9.33. The molecule has 1 unspecified atom stereocenters. The van der Waals surface area contributed by atoms with Crippen molar-refractivity contribution in [3.05, 3.63) is 51.7 Å². The third-order valence-corrected chi connectivity index (χ3v) is 7.19. The molecule has 10 heteroatoms. The van der Waals surface area contributed by atoms with Crippen molar-refractivity contribution in [2.24, 2.45) is 0 Å². The van der Waals surface area contributed by atoms with Gasteiger partial charge in [0.05, 0.1) is 28.4 Å². The summed E-state index contributed by atoms with van der Waals surface area (Å²) in [5.41, 5.74) is 2.87. The van der Waals surface area contributed by atoms with Crippen LogP contribution in [0.1, 0.15) is 53.4 Å². The second-order valence-electron chi connectivity index (χ2n) is 8.92. The van der Waals surface area contributed by atoms with Crippen LogP contribution in [0.3, 0.4) is 0 Å². The van der Waals surface area contributed by atoms with E-state index in [0.29, 0.717) is 55.0 Å². The Morgan fingerprint density at radius 3 is 2.94 bits per heavy atom. The molecule has 2 aromatic heterocycles. The number of likely N-dealkylation sites (N-methyl/N-ethyl adjacent to an activating group) is 1. The van der Waals surface area contributed by atoms with Crippen LogP contribution in [-0.4, -0.2) is 68.3 Å². The molecular weight excluding hydrogens is 449 g/mol. The number of rotatable bonds is 7. The lowest BCUT2D eigenvalue weighted by molar-refractivity contribution is -0.0108. The molecule has 0 saturated heterocycles. The molecule has 1 saturated carbocycles. The fourth-order valence-corrected chi connectivity index (χ4v) is 4.87. The van der Waals surface area contributed by atoms with Gasteiger partial charge in [-0.3, -0.25) is 14.8 Å². The number of amides is 1. The van der Waals surface area contributed by atoms with Crippen LogP contribution in [0.2, 0.25) is 5.02 Å². The molecule has 0 spiro atoms. The molecule has 1 aliphatic carbocycles. The summed E-state index contributed by atoms with van der Waals surface area (Å²) in [5.74, 6) is -0.588. The lowest BCUT2D eigenvalue weighted by atomic mass is 10.0. The van der Waals surface area contributed by atoms with Gasteiger partial charge in [0.15, 0.2) is 5.69 Å². The molecule has 1 amide bonds.